The highest BCUT2D eigenvalue weighted by Gasteiger charge is 2.24. The van der Waals surface area contributed by atoms with Gasteiger partial charge in [0.05, 0.1) is 32.0 Å². The molecule has 2 saturated heterocycles. The van der Waals surface area contributed by atoms with E-state index in [-0.39, 0.29) is 24.1 Å². The van der Waals surface area contributed by atoms with Gasteiger partial charge in [0.25, 0.3) is 0 Å². The summed E-state index contributed by atoms with van der Waals surface area (Å²) in [6.07, 6.45) is 0. The number of carbonyl (C=O) groups is 3. The minimum absolute atomic E-state index is 0.132. The number of morpholine rings is 1. The summed E-state index contributed by atoms with van der Waals surface area (Å²) in [6.45, 7) is 5.95. The quantitative estimate of drug-likeness (QED) is 0.605. The molecule has 8 nitrogen and oxygen atoms in total. The number of amides is 2. The SMILES string of the molecule is O=C(CN1CCN(CC(=O)N2CCOCC2)CC1)Nc1ccc(Cl)cc1C(=O)c1ccccc1. The average Bonchev–Trinajstić information content (AvgIpc) is 2.87. The lowest BCUT2D eigenvalue weighted by atomic mass is 10.0. The smallest absolute Gasteiger partial charge is 0.238 e. The molecule has 1 N–H and O–H groups in total. The van der Waals surface area contributed by atoms with Gasteiger partial charge in [-0.3, -0.25) is 24.2 Å². The molecule has 2 aliphatic rings. The highest BCUT2D eigenvalue weighted by molar-refractivity contribution is 6.31. The van der Waals surface area contributed by atoms with E-state index >= 15 is 0 Å². The van der Waals surface area contributed by atoms with Crippen molar-refractivity contribution < 1.29 is 19.1 Å². The van der Waals surface area contributed by atoms with Crippen molar-refractivity contribution >= 4 is 34.9 Å². The van der Waals surface area contributed by atoms with E-state index in [0.717, 1.165) is 13.1 Å². The number of benzene rings is 2. The van der Waals surface area contributed by atoms with Gasteiger partial charge in [-0.1, -0.05) is 41.9 Å². The van der Waals surface area contributed by atoms with Gasteiger partial charge in [0.1, 0.15) is 0 Å². The number of piperazine rings is 1. The summed E-state index contributed by atoms with van der Waals surface area (Å²) in [5, 5.41) is 3.31. The molecule has 4 rings (SSSR count). The zero-order chi connectivity index (χ0) is 23.9. The molecule has 0 bridgehead atoms. The molecule has 2 amide bonds. The third-order valence-corrected chi connectivity index (χ3v) is 6.33. The molecule has 2 aromatic carbocycles. The Morgan fingerprint density at radius 2 is 1.50 bits per heavy atom. The largest absolute Gasteiger partial charge is 0.378 e. The van der Waals surface area contributed by atoms with Crippen molar-refractivity contribution in [3.8, 4) is 0 Å². The zero-order valence-electron chi connectivity index (χ0n) is 19.0. The van der Waals surface area contributed by atoms with E-state index < -0.39 is 0 Å². The summed E-state index contributed by atoms with van der Waals surface area (Å²) in [5.74, 6) is -0.257. The van der Waals surface area contributed by atoms with E-state index in [1.54, 1.807) is 42.5 Å². The first-order valence-electron chi connectivity index (χ1n) is 11.5. The van der Waals surface area contributed by atoms with E-state index in [2.05, 4.69) is 15.1 Å². The van der Waals surface area contributed by atoms with Crippen LogP contribution in [0.4, 0.5) is 5.69 Å². The molecular formula is C25H29ClN4O4. The second-order valence-electron chi connectivity index (χ2n) is 8.48. The van der Waals surface area contributed by atoms with Crippen LogP contribution in [0, 0.1) is 0 Å². The number of nitrogens with one attached hydrogen (secondary N) is 1. The Morgan fingerprint density at radius 3 is 2.18 bits per heavy atom. The average molecular weight is 485 g/mol. The minimum Gasteiger partial charge on any atom is -0.378 e. The molecule has 0 atom stereocenters. The zero-order valence-corrected chi connectivity index (χ0v) is 19.8. The van der Waals surface area contributed by atoms with Crippen molar-refractivity contribution in [1.82, 2.24) is 14.7 Å². The summed E-state index contributed by atoms with van der Waals surface area (Å²) in [4.78, 5) is 44.2. The summed E-state index contributed by atoms with van der Waals surface area (Å²) in [5.41, 5.74) is 1.33. The molecule has 2 aliphatic heterocycles. The number of ketones is 1. The number of halogens is 1. The van der Waals surface area contributed by atoms with Crippen LogP contribution in [0.5, 0.6) is 0 Å². The van der Waals surface area contributed by atoms with Crippen LogP contribution >= 0.6 is 11.6 Å². The van der Waals surface area contributed by atoms with Crippen LogP contribution in [0.2, 0.25) is 5.02 Å². The van der Waals surface area contributed by atoms with Crippen LogP contribution < -0.4 is 5.32 Å². The van der Waals surface area contributed by atoms with Gasteiger partial charge in [-0.2, -0.15) is 0 Å². The molecule has 2 aromatic rings. The lowest BCUT2D eigenvalue weighted by Crippen LogP contribution is -2.52. The first-order valence-corrected chi connectivity index (χ1v) is 11.9. The number of hydrogen-bond donors (Lipinski definition) is 1. The maximum absolute atomic E-state index is 13.0. The summed E-state index contributed by atoms with van der Waals surface area (Å²) < 4.78 is 5.30. The molecule has 0 saturated carbocycles. The van der Waals surface area contributed by atoms with Crippen molar-refractivity contribution in [2.24, 2.45) is 0 Å². The molecule has 0 unspecified atom stereocenters. The number of nitrogens with zero attached hydrogens (tertiary/aromatic N) is 3. The normalized spacial score (nSPS) is 17.4. The second-order valence-corrected chi connectivity index (χ2v) is 8.92. The molecule has 34 heavy (non-hydrogen) atoms. The van der Waals surface area contributed by atoms with E-state index in [4.69, 9.17) is 16.3 Å². The van der Waals surface area contributed by atoms with Gasteiger partial charge in [-0.15, -0.1) is 0 Å². The third-order valence-electron chi connectivity index (χ3n) is 6.09. The van der Waals surface area contributed by atoms with Crippen molar-refractivity contribution in [2.75, 3.05) is 70.9 Å². The van der Waals surface area contributed by atoms with Gasteiger partial charge in [-0.25, -0.2) is 0 Å². The van der Waals surface area contributed by atoms with E-state index in [0.29, 0.717) is 67.8 Å². The topological polar surface area (TPSA) is 82.2 Å². The van der Waals surface area contributed by atoms with E-state index in [1.165, 1.54) is 0 Å². The Kier molecular flexibility index (Phi) is 8.29. The fourth-order valence-corrected chi connectivity index (χ4v) is 4.33. The Morgan fingerprint density at radius 1 is 0.853 bits per heavy atom. The lowest BCUT2D eigenvalue weighted by molar-refractivity contribution is -0.137. The van der Waals surface area contributed by atoms with Gasteiger partial charge >= 0.3 is 0 Å². The van der Waals surface area contributed by atoms with Gasteiger partial charge in [-0.05, 0) is 18.2 Å². The Labute approximate surface area is 204 Å². The van der Waals surface area contributed by atoms with Crippen LogP contribution in [0.25, 0.3) is 0 Å². The van der Waals surface area contributed by atoms with Gasteiger partial charge in [0, 0.05) is 55.4 Å². The monoisotopic (exact) mass is 484 g/mol. The molecule has 0 spiro atoms. The number of rotatable bonds is 7. The molecule has 0 aromatic heterocycles. The lowest BCUT2D eigenvalue weighted by Gasteiger charge is -2.35. The Hall–Kier alpha value is -2.78. The molecule has 2 fully saturated rings. The van der Waals surface area contributed by atoms with Crippen LogP contribution in [0.15, 0.2) is 48.5 Å². The van der Waals surface area contributed by atoms with Crippen molar-refractivity contribution in [3.63, 3.8) is 0 Å². The first-order chi connectivity index (χ1) is 16.5. The molecule has 2 heterocycles. The molecule has 9 heteroatoms. The van der Waals surface area contributed by atoms with Crippen LogP contribution in [0.1, 0.15) is 15.9 Å². The first kappa shape index (κ1) is 24.3. The maximum atomic E-state index is 13.0. The second kappa shape index (κ2) is 11.6. The van der Waals surface area contributed by atoms with Crippen molar-refractivity contribution in [3.05, 3.63) is 64.7 Å². The third kappa shape index (κ3) is 6.42. The Bertz CT molecular complexity index is 1020. The summed E-state index contributed by atoms with van der Waals surface area (Å²) in [7, 11) is 0. The van der Waals surface area contributed by atoms with Gasteiger partial charge in [0.2, 0.25) is 11.8 Å². The minimum atomic E-state index is -0.197. The molecular weight excluding hydrogens is 456 g/mol. The molecule has 0 aliphatic carbocycles. The summed E-state index contributed by atoms with van der Waals surface area (Å²) >= 11 is 6.13. The van der Waals surface area contributed by atoms with Crippen molar-refractivity contribution in [2.45, 2.75) is 0 Å². The van der Waals surface area contributed by atoms with E-state index in [1.807, 2.05) is 11.0 Å². The number of anilines is 1. The summed E-state index contributed by atoms with van der Waals surface area (Å²) in [6, 6.07) is 13.8. The molecule has 180 valence electrons. The van der Waals surface area contributed by atoms with Crippen LogP contribution in [0.3, 0.4) is 0 Å². The fourth-order valence-electron chi connectivity index (χ4n) is 4.16. The number of ether oxygens (including phenoxy) is 1. The molecule has 0 radical (unpaired) electrons. The van der Waals surface area contributed by atoms with Crippen LogP contribution in [-0.4, -0.2) is 97.9 Å². The van der Waals surface area contributed by atoms with Gasteiger partial charge in [0.15, 0.2) is 5.78 Å². The standard InChI is InChI=1S/C25H29ClN4O4/c26-20-6-7-22(21(16-20)25(33)19-4-2-1-3-5-19)27-23(31)17-28-8-10-29(11-9-28)18-24(32)30-12-14-34-15-13-30/h1-7,16H,8-15,17-18H2,(H,27,31). The van der Waals surface area contributed by atoms with Gasteiger partial charge < -0.3 is 15.0 Å². The highest BCUT2D eigenvalue weighted by Crippen LogP contribution is 2.24. The predicted octanol–water partition coefficient (Wildman–Crippen LogP) is 1.99. The van der Waals surface area contributed by atoms with Crippen LogP contribution in [-0.2, 0) is 14.3 Å². The fraction of sp³-hybridized carbons (Fsp3) is 0.400. The predicted molar refractivity (Wildman–Crippen MR) is 130 cm³/mol. The van der Waals surface area contributed by atoms with Crippen molar-refractivity contribution in [1.29, 1.82) is 0 Å². The maximum Gasteiger partial charge on any atom is 0.238 e. The Balaban J connectivity index is 1.29. The highest BCUT2D eigenvalue weighted by atomic mass is 35.5. The number of hydrogen-bond acceptors (Lipinski definition) is 6. The van der Waals surface area contributed by atoms with E-state index in [9.17, 15) is 14.4 Å². The number of carbonyl (C=O) groups excluding carboxylic acids is 3.